The van der Waals surface area contributed by atoms with Gasteiger partial charge in [0.1, 0.15) is 16.2 Å². The Labute approximate surface area is 158 Å². The van der Waals surface area contributed by atoms with Crippen molar-refractivity contribution in [2.24, 2.45) is 0 Å². The van der Waals surface area contributed by atoms with Crippen molar-refractivity contribution in [2.45, 2.75) is 30.8 Å². The molecular formula is C19H15F3O5S. The van der Waals surface area contributed by atoms with Crippen LogP contribution in [-0.2, 0) is 16.3 Å². The zero-order valence-electron chi connectivity index (χ0n) is 14.8. The van der Waals surface area contributed by atoms with Crippen LogP contribution in [0.5, 0.6) is 5.75 Å². The Kier molecular flexibility index (Phi) is 4.97. The van der Waals surface area contributed by atoms with E-state index in [9.17, 15) is 26.4 Å². The van der Waals surface area contributed by atoms with Gasteiger partial charge in [-0.1, -0.05) is 26.0 Å². The maximum atomic E-state index is 13.1. The standard InChI is InChI=1S/C19H15F3O5S/c1-11(2)14-10-18(23)26-16-9-12(7-8-13(14)16)27-28(24,25)17-6-4-3-5-15(17)19(20,21)22/h3-11H,1-2H3. The fourth-order valence-corrected chi connectivity index (χ4v) is 3.93. The summed E-state index contributed by atoms with van der Waals surface area (Å²) in [6.07, 6.45) is -4.87. The molecule has 1 aromatic heterocycles. The number of rotatable bonds is 4. The van der Waals surface area contributed by atoms with E-state index in [1.54, 1.807) is 0 Å². The summed E-state index contributed by atoms with van der Waals surface area (Å²) in [5, 5.41) is 0.579. The minimum absolute atomic E-state index is 0.000707. The lowest BCUT2D eigenvalue weighted by atomic mass is 10.00. The third kappa shape index (κ3) is 3.89. The molecule has 0 aliphatic rings. The molecule has 0 saturated carbocycles. The van der Waals surface area contributed by atoms with Gasteiger partial charge in [0.25, 0.3) is 0 Å². The number of alkyl halides is 3. The molecule has 0 unspecified atom stereocenters. The Morgan fingerprint density at radius 3 is 2.36 bits per heavy atom. The SMILES string of the molecule is CC(C)c1cc(=O)oc2cc(OS(=O)(=O)c3ccccc3C(F)(F)F)ccc12. The number of hydrogen-bond acceptors (Lipinski definition) is 5. The Morgan fingerprint density at radius 1 is 1.04 bits per heavy atom. The largest absolute Gasteiger partial charge is 0.423 e. The van der Waals surface area contributed by atoms with E-state index in [1.807, 2.05) is 13.8 Å². The number of benzene rings is 2. The topological polar surface area (TPSA) is 73.6 Å². The highest BCUT2D eigenvalue weighted by molar-refractivity contribution is 7.87. The van der Waals surface area contributed by atoms with E-state index in [-0.39, 0.29) is 17.3 Å². The van der Waals surface area contributed by atoms with Crippen LogP contribution in [0.4, 0.5) is 13.2 Å². The number of halogens is 3. The van der Waals surface area contributed by atoms with Crippen LogP contribution < -0.4 is 9.81 Å². The predicted octanol–water partition coefficient (Wildman–Crippen LogP) is 4.70. The minimum atomic E-state index is -4.87. The van der Waals surface area contributed by atoms with E-state index in [2.05, 4.69) is 0 Å². The summed E-state index contributed by atoms with van der Waals surface area (Å²) >= 11 is 0. The molecule has 0 atom stereocenters. The summed E-state index contributed by atoms with van der Waals surface area (Å²) < 4.78 is 74.2. The van der Waals surface area contributed by atoms with Gasteiger partial charge in [0.05, 0.1) is 5.56 Å². The van der Waals surface area contributed by atoms with Crippen LogP contribution in [0.3, 0.4) is 0 Å². The van der Waals surface area contributed by atoms with Gasteiger partial charge in [0, 0.05) is 17.5 Å². The average Bonchev–Trinajstić information content (AvgIpc) is 2.59. The van der Waals surface area contributed by atoms with E-state index < -0.39 is 32.4 Å². The van der Waals surface area contributed by atoms with Crippen LogP contribution in [0.25, 0.3) is 11.0 Å². The molecule has 148 valence electrons. The van der Waals surface area contributed by atoms with Gasteiger partial charge in [-0.15, -0.1) is 0 Å². The Balaban J connectivity index is 2.07. The molecule has 1 heterocycles. The van der Waals surface area contributed by atoms with Crippen molar-refractivity contribution in [3.8, 4) is 5.75 Å². The van der Waals surface area contributed by atoms with Gasteiger partial charge in [-0.25, -0.2) is 4.79 Å². The predicted molar refractivity (Wildman–Crippen MR) is 95.8 cm³/mol. The van der Waals surface area contributed by atoms with Crippen molar-refractivity contribution in [3.63, 3.8) is 0 Å². The van der Waals surface area contributed by atoms with Crippen LogP contribution in [0.15, 0.2) is 62.6 Å². The molecule has 0 spiro atoms. The molecule has 0 amide bonds. The highest BCUT2D eigenvalue weighted by Crippen LogP contribution is 2.35. The third-order valence-corrected chi connectivity index (χ3v) is 5.34. The summed E-state index contributed by atoms with van der Waals surface area (Å²) in [7, 11) is -4.77. The van der Waals surface area contributed by atoms with Gasteiger partial charge in [-0.2, -0.15) is 21.6 Å². The van der Waals surface area contributed by atoms with Crippen molar-refractivity contribution < 1.29 is 30.2 Å². The maximum Gasteiger partial charge on any atom is 0.417 e. The Bertz CT molecular complexity index is 1190. The first-order valence-electron chi connectivity index (χ1n) is 8.17. The van der Waals surface area contributed by atoms with Crippen LogP contribution >= 0.6 is 0 Å². The van der Waals surface area contributed by atoms with Crippen molar-refractivity contribution >= 4 is 21.1 Å². The van der Waals surface area contributed by atoms with Gasteiger partial charge in [-0.3, -0.25) is 0 Å². The Morgan fingerprint density at radius 2 is 1.71 bits per heavy atom. The monoisotopic (exact) mass is 412 g/mol. The molecule has 2 aromatic carbocycles. The average molecular weight is 412 g/mol. The van der Waals surface area contributed by atoms with Gasteiger partial charge >= 0.3 is 21.9 Å². The molecule has 0 aliphatic carbocycles. The molecule has 0 radical (unpaired) electrons. The molecule has 0 fully saturated rings. The van der Waals surface area contributed by atoms with Crippen molar-refractivity contribution in [1.29, 1.82) is 0 Å². The molecule has 5 nitrogen and oxygen atoms in total. The minimum Gasteiger partial charge on any atom is -0.423 e. The molecule has 0 bridgehead atoms. The molecule has 0 saturated heterocycles. The van der Waals surface area contributed by atoms with Gasteiger partial charge in [-0.05, 0) is 35.7 Å². The van der Waals surface area contributed by atoms with E-state index in [0.29, 0.717) is 17.0 Å². The van der Waals surface area contributed by atoms with Gasteiger partial charge < -0.3 is 8.60 Å². The van der Waals surface area contributed by atoms with E-state index >= 15 is 0 Å². The first-order chi connectivity index (χ1) is 13.0. The number of hydrogen-bond donors (Lipinski definition) is 0. The summed E-state index contributed by atoms with van der Waals surface area (Å²) in [6, 6.07) is 9.01. The van der Waals surface area contributed by atoms with E-state index in [0.717, 1.165) is 18.2 Å². The van der Waals surface area contributed by atoms with Crippen LogP contribution in [0, 0.1) is 0 Å². The van der Waals surface area contributed by atoms with Crippen molar-refractivity contribution in [1.82, 2.24) is 0 Å². The van der Waals surface area contributed by atoms with Gasteiger partial charge in [0.15, 0.2) is 0 Å². The second-order valence-electron chi connectivity index (χ2n) is 6.36. The van der Waals surface area contributed by atoms with Gasteiger partial charge in [0.2, 0.25) is 0 Å². The smallest absolute Gasteiger partial charge is 0.417 e. The zero-order chi connectivity index (χ0) is 20.7. The van der Waals surface area contributed by atoms with E-state index in [4.69, 9.17) is 8.60 Å². The fourth-order valence-electron chi connectivity index (χ4n) is 2.79. The zero-order valence-corrected chi connectivity index (χ0v) is 15.6. The lowest BCUT2D eigenvalue weighted by molar-refractivity contribution is -0.139. The fraction of sp³-hybridized carbons (Fsp3) is 0.211. The van der Waals surface area contributed by atoms with Crippen LogP contribution in [-0.4, -0.2) is 8.42 Å². The summed E-state index contributed by atoms with van der Waals surface area (Å²) in [5.74, 6) is -0.269. The molecule has 0 N–H and O–H groups in total. The highest BCUT2D eigenvalue weighted by Gasteiger charge is 2.37. The molecule has 3 rings (SSSR count). The molecule has 0 aliphatic heterocycles. The third-order valence-electron chi connectivity index (χ3n) is 4.04. The second-order valence-corrected chi connectivity index (χ2v) is 7.88. The summed E-state index contributed by atoms with van der Waals surface area (Å²) in [4.78, 5) is 10.7. The molecule has 28 heavy (non-hydrogen) atoms. The first-order valence-corrected chi connectivity index (χ1v) is 9.58. The number of fused-ring (bicyclic) bond motifs is 1. The normalized spacial score (nSPS) is 12.5. The quantitative estimate of drug-likeness (QED) is 0.459. The van der Waals surface area contributed by atoms with Crippen LogP contribution in [0.2, 0.25) is 0 Å². The second kappa shape index (κ2) is 6.97. The van der Waals surface area contributed by atoms with Crippen LogP contribution in [0.1, 0.15) is 30.9 Å². The molecular weight excluding hydrogens is 397 g/mol. The maximum absolute atomic E-state index is 13.1. The van der Waals surface area contributed by atoms with E-state index in [1.165, 1.54) is 24.3 Å². The lowest BCUT2D eigenvalue weighted by Gasteiger charge is -2.14. The van der Waals surface area contributed by atoms with Crippen molar-refractivity contribution in [3.05, 3.63) is 70.1 Å². The Hall–Kier alpha value is -2.81. The highest BCUT2D eigenvalue weighted by atomic mass is 32.2. The van der Waals surface area contributed by atoms with Crippen molar-refractivity contribution in [2.75, 3.05) is 0 Å². The molecule has 9 heteroatoms. The summed E-state index contributed by atoms with van der Waals surface area (Å²) in [5.41, 5.74) is -1.18. The first kappa shape index (κ1) is 19.9. The summed E-state index contributed by atoms with van der Waals surface area (Å²) in [6.45, 7) is 3.74. The molecule has 3 aromatic rings. The lowest BCUT2D eigenvalue weighted by Crippen LogP contribution is -2.17.